The van der Waals surface area contributed by atoms with Crippen molar-refractivity contribution in [1.82, 2.24) is 14.3 Å². The van der Waals surface area contributed by atoms with Gasteiger partial charge in [0.2, 0.25) is 0 Å². The Morgan fingerprint density at radius 2 is 2.28 bits per heavy atom. The fourth-order valence-electron chi connectivity index (χ4n) is 1.22. The molecule has 0 amide bonds. The van der Waals surface area contributed by atoms with Crippen LogP contribution in [0.4, 0.5) is 0 Å². The lowest BCUT2D eigenvalue weighted by molar-refractivity contribution is 0.162. The van der Waals surface area contributed by atoms with Crippen LogP contribution in [-0.4, -0.2) is 37.7 Å². The van der Waals surface area contributed by atoms with Gasteiger partial charge >= 0.3 is 0 Å². The minimum atomic E-state index is -3.55. The van der Waals surface area contributed by atoms with Gasteiger partial charge in [-0.05, 0) is 13.8 Å². The first-order valence-electron chi connectivity index (χ1n) is 5.54. The van der Waals surface area contributed by atoms with Crippen molar-refractivity contribution in [2.45, 2.75) is 18.9 Å². The van der Waals surface area contributed by atoms with Crippen LogP contribution in [0.1, 0.15) is 12.7 Å². The fourth-order valence-corrected chi connectivity index (χ4v) is 2.27. The van der Waals surface area contributed by atoms with E-state index < -0.39 is 10.0 Å². The predicted octanol–water partition coefficient (Wildman–Crippen LogP) is 0.600. The van der Waals surface area contributed by atoms with Gasteiger partial charge in [0.05, 0.1) is 13.2 Å². The third-order valence-corrected chi connectivity index (χ3v) is 3.58. The van der Waals surface area contributed by atoms with Gasteiger partial charge in [0.25, 0.3) is 10.0 Å². The highest BCUT2D eigenvalue weighted by atomic mass is 32.2. The highest BCUT2D eigenvalue weighted by molar-refractivity contribution is 7.89. The molecule has 0 aliphatic heterocycles. The second kappa shape index (κ2) is 6.12. The van der Waals surface area contributed by atoms with E-state index in [1.54, 1.807) is 18.5 Å². The summed E-state index contributed by atoms with van der Waals surface area (Å²) in [6.07, 6.45) is 1.48. The second-order valence-electron chi connectivity index (χ2n) is 4.14. The number of aryl methyl sites for hydroxylation is 2. The molecular weight excluding hydrogens is 254 g/mol. The van der Waals surface area contributed by atoms with Gasteiger partial charge in [-0.25, -0.2) is 18.1 Å². The van der Waals surface area contributed by atoms with Crippen LogP contribution in [0.2, 0.25) is 0 Å². The Balaban J connectivity index is 2.48. The molecule has 0 aromatic carbocycles. The highest BCUT2D eigenvalue weighted by Crippen LogP contribution is 2.06. The van der Waals surface area contributed by atoms with Gasteiger partial charge in [0.1, 0.15) is 5.82 Å². The Kier molecular flexibility index (Phi) is 5.06. The molecule has 0 atom stereocenters. The molecule has 0 fully saturated rings. The quantitative estimate of drug-likeness (QED) is 0.583. The maximum absolute atomic E-state index is 11.8. The van der Waals surface area contributed by atoms with Crippen LogP contribution in [-0.2, 0) is 21.8 Å². The van der Waals surface area contributed by atoms with Crippen molar-refractivity contribution in [1.29, 1.82) is 0 Å². The Morgan fingerprint density at radius 1 is 1.61 bits per heavy atom. The molecule has 18 heavy (non-hydrogen) atoms. The van der Waals surface area contributed by atoms with Crippen molar-refractivity contribution in [3.63, 3.8) is 0 Å². The molecule has 0 aliphatic rings. The zero-order chi connectivity index (χ0) is 13.8. The summed E-state index contributed by atoms with van der Waals surface area (Å²) in [5.74, 6) is 0.647. The highest BCUT2D eigenvalue weighted by Gasteiger charge is 2.17. The molecule has 7 heteroatoms. The minimum Gasteiger partial charge on any atom is -0.376 e. The van der Waals surface area contributed by atoms with E-state index in [0.717, 1.165) is 5.57 Å². The molecule has 1 aromatic rings. The van der Waals surface area contributed by atoms with E-state index in [4.69, 9.17) is 4.74 Å². The van der Waals surface area contributed by atoms with Crippen LogP contribution in [0.3, 0.4) is 0 Å². The van der Waals surface area contributed by atoms with Crippen LogP contribution in [0.25, 0.3) is 0 Å². The number of imidazole rings is 1. The number of sulfonamides is 1. The lowest BCUT2D eigenvalue weighted by Crippen LogP contribution is -2.28. The van der Waals surface area contributed by atoms with Crippen molar-refractivity contribution in [2.75, 3.05) is 19.8 Å². The Bertz CT molecular complexity index is 500. The van der Waals surface area contributed by atoms with Crippen molar-refractivity contribution in [3.05, 3.63) is 24.2 Å². The van der Waals surface area contributed by atoms with Crippen molar-refractivity contribution in [2.24, 2.45) is 7.05 Å². The maximum atomic E-state index is 11.8. The van der Waals surface area contributed by atoms with Crippen LogP contribution in [0.15, 0.2) is 23.4 Å². The number of hydrogen-bond acceptors (Lipinski definition) is 4. The summed E-state index contributed by atoms with van der Waals surface area (Å²) >= 11 is 0. The van der Waals surface area contributed by atoms with E-state index in [1.807, 2.05) is 6.92 Å². The van der Waals surface area contributed by atoms with Crippen molar-refractivity contribution in [3.8, 4) is 0 Å². The standard InChI is InChI=1S/C11H19N3O3S/c1-9(2)8-17-6-5-12-18(15,16)11-7-14(4)10(3)13-11/h7,12H,1,5-6,8H2,2-4H3. The summed E-state index contributed by atoms with van der Waals surface area (Å²) in [7, 11) is -1.80. The van der Waals surface area contributed by atoms with Gasteiger partial charge in [0, 0.05) is 19.8 Å². The molecule has 0 saturated heterocycles. The largest absolute Gasteiger partial charge is 0.376 e. The number of nitrogens with one attached hydrogen (secondary N) is 1. The van der Waals surface area contributed by atoms with Crippen LogP contribution < -0.4 is 4.72 Å². The third-order valence-electron chi connectivity index (χ3n) is 2.25. The van der Waals surface area contributed by atoms with E-state index >= 15 is 0 Å². The van der Waals surface area contributed by atoms with Crippen LogP contribution in [0, 0.1) is 6.92 Å². The lowest BCUT2D eigenvalue weighted by atomic mass is 10.4. The molecular formula is C11H19N3O3S. The number of aromatic nitrogens is 2. The molecule has 1 rings (SSSR count). The first-order valence-corrected chi connectivity index (χ1v) is 7.03. The van der Waals surface area contributed by atoms with E-state index in [0.29, 0.717) is 19.0 Å². The molecule has 0 aliphatic carbocycles. The molecule has 0 bridgehead atoms. The molecule has 0 radical (unpaired) electrons. The Labute approximate surface area is 108 Å². The van der Waals surface area contributed by atoms with E-state index in [-0.39, 0.29) is 11.6 Å². The monoisotopic (exact) mass is 273 g/mol. The van der Waals surface area contributed by atoms with Gasteiger partial charge < -0.3 is 9.30 Å². The molecule has 0 unspecified atom stereocenters. The average molecular weight is 273 g/mol. The minimum absolute atomic E-state index is 0.0300. The van der Waals surface area contributed by atoms with Crippen molar-refractivity contribution < 1.29 is 13.2 Å². The number of hydrogen-bond donors (Lipinski definition) is 1. The number of ether oxygens (including phenoxy) is 1. The van der Waals surface area contributed by atoms with Crippen LogP contribution in [0.5, 0.6) is 0 Å². The molecule has 1 heterocycles. The Hall–Kier alpha value is -1.18. The average Bonchev–Trinajstić information content (AvgIpc) is 2.59. The molecule has 6 nitrogen and oxygen atoms in total. The summed E-state index contributed by atoms with van der Waals surface area (Å²) in [5.41, 5.74) is 0.901. The number of rotatable bonds is 7. The van der Waals surface area contributed by atoms with Crippen LogP contribution >= 0.6 is 0 Å². The third kappa shape index (κ3) is 4.25. The van der Waals surface area contributed by atoms with E-state index in [9.17, 15) is 8.42 Å². The first kappa shape index (κ1) is 14.9. The van der Waals surface area contributed by atoms with Gasteiger partial charge in [-0.2, -0.15) is 0 Å². The maximum Gasteiger partial charge on any atom is 0.259 e. The second-order valence-corrected chi connectivity index (χ2v) is 5.86. The SMILES string of the molecule is C=C(C)COCCNS(=O)(=O)c1cn(C)c(C)n1. The van der Waals surface area contributed by atoms with Crippen molar-refractivity contribution >= 4 is 10.0 Å². The van der Waals surface area contributed by atoms with E-state index in [2.05, 4.69) is 16.3 Å². The Morgan fingerprint density at radius 3 is 2.78 bits per heavy atom. The van der Waals surface area contributed by atoms with Gasteiger partial charge in [-0.3, -0.25) is 0 Å². The molecule has 102 valence electrons. The zero-order valence-electron chi connectivity index (χ0n) is 10.9. The van der Waals surface area contributed by atoms with Gasteiger partial charge in [0.15, 0.2) is 5.03 Å². The normalized spacial score (nSPS) is 11.7. The summed E-state index contributed by atoms with van der Waals surface area (Å²) in [4.78, 5) is 3.97. The zero-order valence-corrected chi connectivity index (χ0v) is 11.7. The van der Waals surface area contributed by atoms with Gasteiger partial charge in [-0.15, -0.1) is 0 Å². The summed E-state index contributed by atoms with van der Waals surface area (Å²) in [6.45, 7) is 8.23. The summed E-state index contributed by atoms with van der Waals surface area (Å²) in [6, 6.07) is 0. The molecule has 1 aromatic heterocycles. The molecule has 0 saturated carbocycles. The first-order chi connectivity index (χ1) is 8.33. The number of nitrogens with zero attached hydrogens (tertiary/aromatic N) is 2. The fraction of sp³-hybridized carbons (Fsp3) is 0.545. The smallest absolute Gasteiger partial charge is 0.259 e. The molecule has 1 N–H and O–H groups in total. The summed E-state index contributed by atoms with van der Waals surface area (Å²) < 4.78 is 33.0. The topological polar surface area (TPSA) is 73.2 Å². The van der Waals surface area contributed by atoms with Gasteiger partial charge in [-0.1, -0.05) is 12.2 Å². The summed E-state index contributed by atoms with van der Waals surface area (Å²) in [5, 5.41) is 0.0300. The molecule has 0 spiro atoms. The van der Waals surface area contributed by atoms with E-state index in [1.165, 1.54) is 6.20 Å². The predicted molar refractivity (Wildman–Crippen MR) is 68.8 cm³/mol. The lowest BCUT2D eigenvalue weighted by Gasteiger charge is -2.05.